The second kappa shape index (κ2) is 4.09. The standard InChI is InChI=1S/C12H13BrO3/c1-8(12(6-7-12)11(14)15)16-10-4-2-9(13)3-5-10/h2-5,8H,6-7H2,1H3,(H,14,15). The van der Waals surface area contributed by atoms with Crippen molar-refractivity contribution in [1.29, 1.82) is 0 Å². The molecule has 0 spiro atoms. The first-order chi connectivity index (χ1) is 7.54. The van der Waals surface area contributed by atoms with E-state index in [1.165, 1.54) is 0 Å². The molecule has 1 saturated carbocycles. The van der Waals surface area contributed by atoms with Crippen LogP contribution in [0.15, 0.2) is 28.7 Å². The van der Waals surface area contributed by atoms with Crippen molar-refractivity contribution in [3.05, 3.63) is 28.7 Å². The third-order valence-electron chi connectivity index (χ3n) is 3.12. The summed E-state index contributed by atoms with van der Waals surface area (Å²) in [5, 5.41) is 9.11. The van der Waals surface area contributed by atoms with Crippen LogP contribution in [0.5, 0.6) is 5.75 Å². The van der Waals surface area contributed by atoms with Crippen LogP contribution in [0.4, 0.5) is 0 Å². The van der Waals surface area contributed by atoms with E-state index >= 15 is 0 Å². The van der Waals surface area contributed by atoms with Crippen LogP contribution in [-0.2, 0) is 4.79 Å². The molecular formula is C12H13BrO3. The first-order valence-corrected chi connectivity index (χ1v) is 5.99. The minimum Gasteiger partial charge on any atom is -0.490 e. The van der Waals surface area contributed by atoms with E-state index < -0.39 is 11.4 Å². The fourth-order valence-corrected chi connectivity index (χ4v) is 2.02. The Morgan fingerprint density at radius 1 is 1.44 bits per heavy atom. The van der Waals surface area contributed by atoms with Gasteiger partial charge in [-0.25, -0.2) is 0 Å². The number of hydrogen-bond donors (Lipinski definition) is 1. The van der Waals surface area contributed by atoms with Crippen molar-refractivity contribution < 1.29 is 14.6 Å². The number of benzene rings is 1. The summed E-state index contributed by atoms with van der Waals surface area (Å²) in [5.74, 6) is -0.0414. The van der Waals surface area contributed by atoms with Gasteiger partial charge in [0.15, 0.2) is 0 Å². The SMILES string of the molecule is CC(Oc1ccc(Br)cc1)C1(C(=O)O)CC1. The number of carboxylic acids is 1. The lowest BCUT2D eigenvalue weighted by Crippen LogP contribution is -2.32. The molecule has 0 aliphatic heterocycles. The van der Waals surface area contributed by atoms with Crippen LogP contribution in [-0.4, -0.2) is 17.2 Å². The lowest BCUT2D eigenvalue weighted by molar-refractivity contribution is -0.146. The van der Waals surface area contributed by atoms with Gasteiger partial charge in [-0.2, -0.15) is 0 Å². The number of halogens is 1. The van der Waals surface area contributed by atoms with Crippen molar-refractivity contribution in [3.8, 4) is 5.75 Å². The Labute approximate surface area is 103 Å². The molecule has 1 unspecified atom stereocenters. The lowest BCUT2D eigenvalue weighted by atomic mass is 10.0. The number of carboxylic acid groups (broad SMARTS) is 1. The van der Waals surface area contributed by atoms with Crippen molar-refractivity contribution in [3.63, 3.8) is 0 Å². The molecule has 0 heterocycles. The number of rotatable bonds is 4. The highest BCUT2D eigenvalue weighted by molar-refractivity contribution is 9.10. The first-order valence-electron chi connectivity index (χ1n) is 5.20. The highest BCUT2D eigenvalue weighted by Gasteiger charge is 2.56. The molecule has 1 N–H and O–H groups in total. The molecule has 1 aliphatic carbocycles. The summed E-state index contributed by atoms with van der Waals surface area (Å²) in [5.41, 5.74) is -0.660. The van der Waals surface area contributed by atoms with Crippen LogP contribution in [0.1, 0.15) is 19.8 Å². The molecule has 2 rings (SSSR count). The predicted molar refractivity (Wildman–Crippen MR) is 63.5 cm³/mol. The number of ether oxygens (including phenoxy) is 1. The van der Waals surface area contributed by atoms with Gasteiger partial charge in [-0.05, 0) is 44.0 Å². The Bertz CT molecular complexity index is 395. The Hall–Kier alpha value is -1.03. The van der Waals surface area contributed by atoms with E-state index in [1.807, 2.05) is 31.2 Å². The molecule has 0 amide bonds. The zero-order valence-electron chi connectivity index (χ0n) is 8.94. The summed E-state index contributed by atoms with van der Waals surface area (Å²) in [6.45, 7) is 1.82. The zero-order valence-corrected chi connectivity index (χ0v) is 10.5. The maximum Gasteiger partial charge on any atom is 0.313 e. The fourth-order valence-electron chi connectivity index (χ4n) is 1.76. The van der Waals surface area contributed by atoms with E-state index in [9.17, 15) is 4.79 Å². The Morgan fingerprint density at radius 2 is 2.00 bits per heavy atom. The van der Waals surface area contributed by atoms with Gasteiger partial charge in [0.25, 0.3) is 0 Å². The van der Waals surface area contributed by atoms with Gasteiger partial charge in [-0.3, -0.25) is 4.79 Å². The Morgan fingerprint density at radius 3 is 2.44 bits per heavy atom. The predicted octanol–water partition coefficient (Wildman–Crippen LogP) is 3.08. The van der Waals surface area contributed by atoms with E-state index in [-0.39, 0.29) is 6.10 Å². The molecule has 0 bridgehead atoms. The van der Waals surface area contributed by atoms with Gasteiger partial charge >= 0.3 is 5.97 Å². The summed E-state index contributed by atoms with van der Waals surface area (Å²) in [6.07, 6.45) is 1.13. The molecule has 16 heavy (non-hydrogen) atoms. The van der Waals surface area contributed by atoms with Gasteiger partial charge < -0.3 is 9.84 Å². The van der Waals surface area contributed by atoms with Crippen molar-refractivity contribution in [1.82, 2.24) is 0 Å². The molecule has 1 aliphatic rings. The molecule has 3 nitrogen and oxygen atoms in total. The second-order valence-electron chi connectivity index (χ2n) is 4.18. The van der Waals surface area contributed by atoms with Crippen LogP contribution < -0.4 is 4.74 Å². The van der Waals surface area contributed by atoms with Crippen molar-refractivity contribution in [2.24, 2.45) is 5.41 Å². The van der Waals surface area contributed by atoms with Crippen LogP contribution in [0, 0.1) is 5.41 Å². The van der Waals surface area contributed by atoms with Gasteiger partial charge in [0.1, 0.15) is 17.3 Å². The summed E-state index contributed by atoms with van der Waals surface area (Å²) in [4.78, 5) is 11.1. The number of aliphatic carboxylic acids is 1. The monoisotopic (exact) mass is 284 g/mol. The molecular weight excluding hydrogens is 272 g/mol. The average Bonchev–Trinajstić information content (AvgIpc) is 3.02. The minimum atomic E-state index is -0.753. The summed E-state index contributed by atoms with van der Waals surface area (Å²) >= 11 is 3.34. The average molecular weight is 285 g/mol. The van der Waals surface area contributed by atoms with Gasteiger partial charge in [-0.15, -0.1) is 0 Å². The Kier molecular flexibility index (Phi) is 2.93. The highest BCUT2D eigenvalue weighted by atomic mass is 79.9. The highest BCUT2D eigenvalue weighted by Crippen LogP contribution is 2.50. The number of carbonyl (C=O) groups is 1. The van der Waals surface area contributed by atoms with E-state index in [4.69, 9.17) is 9.84 Å². The van der Waals surface area contributed by atoms with Gasteiger partial charge in [-0.1, -0.05) is 15.9 Å². The first kappa shape index (κ1) is 11.5. The summed E-state index contributed by atoms with van der Waals surface area (Å²) < 4.78 is 6.63. The Balaban J connectivity index is 2.05. The fraction of sp³-hybridized carbons (Fsp3) is 0.417. The molecule has 1 aromatic rings. The van der Waals surface area contributed by atoms with E-state index in [2.05, 4.69) is 15.9 Å². The molecule has 0 radical (unpaired) electrons. The topological polar surface area (TPSA) is 46.5 Å². The van der Waals surface area contributed by atoms with Crippen LogP contribution in [0.25, 0.3) is 0 Å². The van der Waals surface area contributed by atoms with Crippen molar-refractivity contribution in [2.75, 3.05) is 0 Å². The molecule has 1 aromatic carbocycles. The maximum absolute atomic E-state index is 11.1. The maximum atomic E-state index is 11.1. The molecule has 0 aromatic heterocycles. The molecule has 4 heteroatoms. The van der Waals surface area contributed by atoms with Gasteiger partial charge in [0.05, 0.1) is 0 Å². The van der Waals surface area contributed by atoms with Crippen LogP contribution in [0.3, 0.4) is 0 Å². The normalized spacial score (nSPS) is 18.9. The molecule has 86 valence electrons. The largest absolute Gasteiger partial charge is 0.490 e. The third-order valence-corrected chi connectivity index (χ3v) is 3.65. The van der Waals surface area contributed by atoms with E-state index in [0.29, 0.717) is 18.6 Å². The quantitative estimate of drug-likeness (QED) is 0.924. The summed E-state index contributed by atoms with van der Waals surface area (Å²) in [7, 11) is 0. The van der Waals surface area contributed by atoms with E-state index in [0.717, 1.165) is 4.47 Å². The minimum absolute atomic E-state index is 0.286. The molecule has 0 saturated heterocycles. The molecule has 1 fully saturated rings. The van der Waals surface area contributed by atoms with E-state index in [1.54, 1.807) is 0 Å². The van der Waals surface area contributed by atoms with Crippen molar-refractivity contribution in [2.45, 2.75) is 25.9 Å². The van der Waals surface area contributed by atoms with Crippen LogP contribution in [0.2, 0.25) is 0 Å². The smallest absolute Gasteiger partial charge is 0.313 e. The number of hydrogen-bond acceptors (Lipinski definition) is 2. The second-order valence-corrected chi connectivity index (χ2v) is 5.09. The third kappa shape index (κ3) is 2.07. The van der Waals surface area contributed by atoms with Crippen molar-refractivity contribution >= 4 is 21.9 Å². The van der Waals surface area contributed by atoms with Crippen LogP contribution >= 0.6 is 15.9 Å². The van der Waals surface area contributed by atoms with Gasteiger partial charge in [0.2, 0.25) is 0 Å². The molecule has 1 atom stereocenters. The lowest BCUT2D eigenvalue weighted by Gasteiger charge is -2.20. The zero-order chi connectivity index (χ0) is 11.8. The summed E-state index contributed by atoms with van der Waals surface area (Å²) in [6, 6.07) is 7.42. The van der Waals surface area contributed by atoms with Gasteiger partial charge in [0, 0.05) is 4.47 Å².